The largest absolute Gasteiger partial charge is 0.493 e. The second-order valence-electron chi connectivity index (χ2n) is 6.97. The second kappa shape index (κ2) is 6.10. The smallest absolute Gasteiger partial charge is 0.231 e. The highest BCUT2D eigenvalue weighted by Crippen LogP contribution is 2.45. The van der Waals surface area contributed by atoms with Crippen LogP contribution in [0.3, 0.4) is 0 Å². The maximum Gasteiger partial charge on any atom is 0.231 e. The molecule has 2 aliphatic heterocycles. The van der Waals surface area contributed by atoms with Crippen LogP contribution >= 0.6 is 0 Å². The molecule has 0 bridgehead atoms. The van der Waals surface area contributed by atoms with Crippen LogP contribution in [-0.4, -0.2) is 55.3 Å². The SMILES string of the molecule is COc1cc(CN2CC[C@]3(OC)CC[C@@H](O)C[C@H]23)cc2c1OCO2. The molecule has 0 radical (unpaired) electrons. The molecule has 2 fully saturated rings. The van der Waals surface area contributed by atoms with Crippen LogP contribution in [0.15, 0.2) is 12.1 Å². The molecule has 1 aromatic rings. The van der Waals surface area contributed by atoms with E-state index in [1.165, 1.54) is 0 Å². The van der Waals surface area contributed by atoms with E-state index >= 15 is 0 Å². The molecule has 3 atom stereocenters. The fraction of sp³-hybridized carbons (Fsp3) is 0.667. The Kier molecular flexibility index (Phi) is 4.06. The summed E-state index contributed by atoms with van der Waals surface area (Å²) in [5.74, 6) is 2.13. The minimum atomic E-state index is -0.231. The molecule has 1 aromatic carbocycles. The average Bonchev–Trinajstić information content (AvgIpc) is 3.20. The summed E-state index contributed by atoms with van der Waals surface area (Å²) in [6, 6.07) is 4.29. The molecular formula is C18H25NO5. The van der Waals surface area contributed by atoms with Gasteiger partial charge < -0.3 is 24.1 Å². The van der Waals surface area contributed by atoms with Crippen molar-refractivity contribution in [1.82, 2.24) is 4.90 Å². The zero-order chi connectivity index (χ0) is 16.7. The summed E-state index contributed by atoms with van der Waals surface area (Å²) >= 11 is 0. The molecule has 0 unspecified atom stereocenters. The number of fused-ring (bicyclic) bond motifs is 2. The topological polar surface area (TPSA) is 60.4 Å². The number of rotatable bonds is 4. The van der Waals surface area contributed by atoms with Crippen LogP contribution in [-0.2, 0) is 11.3 Å². The molecule has 2 heterocycles. The van der Waals surface area contributed by atoms with Crippen LogP contribution in [0.5, 0.6) is 17.2 Å². The van der Waals surface area contributed by atoms with Crippen LogP contribution in [0.2, 0.25) is 0 Å². The monoisotopic (exact) mass is 335 g/mol. The number of nitrogens with zero attached hydrogens (tertiary/aromatic N) is 1. The summed E-state index contributed by atoms with van der Waals surface area (Å²) in [5.41, 5.74) is 1.02. The number of methoxy groups -OCH3 is 2. The number of hydrogen-bond acceptors (Lipinski definition) is 6. The molecule has 1 N–H and O–H groups in total. The Morgan fingerprint density at radius 1 is 1.29 bits per heavy atom. The van der Waals surface area contributed by atoms with Crippen molar-refractivity contribution in [3.05, 3.63) is 17.7 Å². The van der Waals surface area contributed by atoms with Crippen LogP contribution in [0, 0.1) is 0 Å². The highest BCUT2D eigenvalue weighted by molar-refractivity contribution is 5.55. The number of benzene rings is 1. The number of ether oxygens (including phenoxy) is 4. The summed E-state index contributed by atoms with van der Waals surface area (Å²) in [6.45, 7) is 2.00. The van der Waals surface area contributed by atoms with Gasteiger partial charge in [-0.15, -0.1) is 0 Å². The summed E-state index contributed by atoms with van der Waals surface area (Å²) in [6.07, 6.45) is 3.31. The van der Waals surface area contributed by atoms with Gasteiger partial charge in [-0.1, -0.05) is 0 Å². The van der Waals surface area contributed by atoms with Crippen LogP contribution in [0.25, 0.3) is 0 Å². The van der Waals surface area contributed by atoms with Crippen molar-refractivity contribution in [2.75, 3.05) is 27.6 Å². The lowest BCUT2D eigenvalue weighted by Crippen LogP contribution is -2.51. The lowest BCUT2D eigenvalue weighted by atomic mass is 9.79. The molecule has 6 heteroatoms. The maximum absolute atomic E-state index is 10.1. The second-order valence-corrected chi connectivity index (χ2v) is 6.97. The van der Waals surface area contributed by atoms with E-state index in [-0.39, 0.29) is 24.5 Å². The average molecular weight is 335 g/mol. The summed E-state index contributed by atoms with van der Waals surface area (Å²) in [4.78, 5) is 2.42. The molecule has 1 aliphatic carbocycles. The normalized spacial score (nSPS) is 32.0. The quantitative estimate of drug-likeness (QED) is 0.907. The zero-order valence-corrected chi connectivity index (χ0v) is 14.3. The predicted octanol–water partition coefficient (Wildman–Crippen LogP) is 1.93. The highest BCUT2D eigenvalue weighted by atomic mass is 16.7. The molecule has 0 aromatic heterocycles. The van der Waals surface area contributed by atoms with Gasteiger partial charge >= 0.3 is 0 Å². The van der Waals surface area contributed by atoms with Gasteiger partial charge in [-0.25, -0.2) is 0 Å². The minimum Gasteiger partial charge on any atom is -0.493 e. The minimum absolute atomic E-state index is 0.111. The third kappa shape index (κ3) is 2.53. The molecule has 24 heavy (non-hydrogen) atoms. The van der Waals surface area contributed by atoms with Crippen molar-refractivity contribution in [2.45, 2.75) is 50.0 Å². The van der Waals surface area contributed by atoms with Crippen molar-refractivity contribution in [2.24, 2.45) is 0 Å². The lowest BCUT2D eigenvalue weighted by molar-refractivity contribution is -0.0879. The Hall–Kier alpha value is -1.50. The van der Waals surface area contributed by atoms with Gasteiger partial charge in [0.05, 0.1) is 18.8 Å². The van der Waals surface area contributed by atoms with Gasteiger partial charge in [-0.05, 0) is 43.4 Å². The summed E-state index contributed by atoms with van der Waals surface area (Å²) in [5, 5.41) is 10.1. The molecule has 1 saturated heterocycles. The first-order chi connectivity index (χ1) is 11.6. The molecule has 0 spiro atoms. The molecule has 4 rings (SSSR count). The van der Waals surface area contributed by atoms with E-state index in [2.05, 4.69) is 4.90 Å². The molecule has 0 amide bonds. The van der Waals surface area contributed by atoms with E-state index in [0.717, 1.165) is 50.1 Å². The Morgan fingerprint density at radius 2 is 2.17 bits per heavy atom. The van der Waals surface area contributed by atoms with Crippen LogP contribution < -0.4 is 14.2 Å². The third-order valence-corrected chi connectivity index (χ3v) is 5.78. The van der Waals surface area contributed by atoms with Gasteiger partial charge in [0.2, 0.25) is 12.5 Å². The van der Waals surface area contributed by atoms with Crippen LogP contribution in [0.1, 0.15) is 31.2 Å². The summed E-state index contributed by atoms with van der Waals surface area (Å²) in [7, 11) is 3.45. The lowest BCUT2D eigenvalue weighted by Gasteiger charge is -2.42. The Labute approximate surface area is 142 Å². The summed E-state index contributed by atoms with van der Waals surface area (Å²) < 4.78 is 22.3. The van der Waals surface area contributed by atoms with Crippen molar-refractivity contribution < 1.29 is 24.1 Å². The number of hydrogen-bond donors (Lipinski definition) is 1. The van der Waals surface area contributed by atoms with Gasteiger partial charge in [0.1, 0.15) is 0 Å². The molecular weight excluding hydrogens is 310 g/mol. The molecule has 132 valence electrons. The highest BCUT2D eigenvalue weighted by Gasteiger charge is 2.50. The van der Waals surface area contributed by atoms with Crippen LogP contribution in [0.4, 0.5) is 0 Å². The third-order valence-electron chi connectivity index (χ3n) is 5.78. The van der Waals surface area contributed by atoms with Gasteiger partial charge in [-0.2, -0.15) is 0 Å². The van der Waals surface area contributed by atoms with Crippen molar-refractivity contribution in [1.29, 1.82) is 0 Å². The fourth-order valence-corrected chi connectivity index (χ4v) is 4.47. The van der Waals surface area contributed by atoms with E-state index in [1.807, 2.05) is 12.1 Å². The van der Waals surface area contributed by atoms with Gasteiger partial charge in [-0.3, -0.25) is 4.90 Å². The Balaban J connectivity index is 1.57. The number of aliphatic hydroxyl groups excluding tert-OH is 1. The maximum atomic E-state index is 10.1. The molecule has 1 saturated carbocycles. The van der Waals surface area contributed by atoms with Gasteiger partial charge in [0, 0.05) is 26.2 Å². The first-order valence-electron chi connectivity index (χ1n) is 8.59. The Bertz CT molecular complexity index is 622. The molecule has 3 aliphatic rings. The van der Waals surface area contributed by atoms with Gasteiger partial charge in [0.25, 0.3) is 0 Å². The first-order valence-corrected chi connectivity index (χ1v) is 8.59. The predicted molar refractivity (Wildman–Crippen MR) is 87.5 cm³/mol. The number of aliphatic hydroxyl groups is 1. The molecule has 6 nitrogen and oxygen atoms in total. The van der Waals surface area contributed by atoms with E-state index in [1.54, 1.807) is 14.2 Å². The first kappa shape index (κ1) is 16.0. The van der Waals surface area contributed by atoms with Gasteiger partial charge in [0.15, 0.2) is 11.5 Å². The van der Waals surface area contributed by atoms with Crippen molar-refractivity contribution >= 4 is 0 Å². The number of likely N-dealkylation sites (tertiary alicyclic amines) is 1. The van der Waals surface area contributed by atoms with E-state index in [0.29, 0.717) is 11.5 Å². The fourth-order valence-electron chi connectivity index (χ4n) is 4.47. The van der Waals surface area contributed by atoms with Crippen molar-refractivity contribution in [3.63, 3.8) is 0 Å². The van der Waals surface area contributed by atoms with E-state index < -0.39 is 0 Å². The van der Waals surface area contributed by atoms with Crippen molar-refractivity contribution in [3.8, 4) is 17.2 Å². The van der Waals surface area contributed by atoms with E-state index in [9.17, 15) is 5.11 Å². The van der Waals surface area contributed by atoms with E-state index in [4.69, 9.17) is 18.9 Å². The zero-order valence-electron chi connectivity index (χ0n) is 14.3. The Morgan fingerprint density at radius 3 is 2.96 bits per heavy atom. The standard InChI is InChI=1S/C18H25NO5/c1-21-14-7-12(8-15-17(14)24-11-23-15)10-19-6-5-18(22-2)4-3-13(20)9-16(18)19/h7-8,13,16,20H,3-6,9-11H2,1-2H3/t13-,16+,18-/m1/s1.